The Hall–Kier alpha value is -2.33. The van der Waals surface area contributed by atoms with Crippen molar-refractivity contribution >= 4 is 17.9 Å². The maximum absolute atomic E-state index is 10.5. The monoisotopic (exact) mass is 236 g/mol. The molecule has 6 heteroatoms. The van der Waals surface area contributed by atoms with Crippen molar-refractivity contribution in [1.82, 2.24) is 4.90 Å². The predicted molar refractivity (Wildman–Crippen MR) is 60.4 cm³/mol. The summed E-state index contributed by atoms with van der Waals surface area (Å²) in [6.45, 7) is 0.544. The molecule has 0 heterocycles. The number of nitrogens with zero attached hydrogens (tertiary/aromatic N) is 2. The van der Waals surface area contributed by atoms with E-state index in [1.807, 2.05) is 0 Å². The minimum absolute atomic E-state index is 0.263. The van der Waals surface area contributed by atoms with Gasteiger partial charge in [0.1, 0.15) is 12.4 Å². The number of hydrogen-bond acceptors (Lipinski definition) is 4. The molecule has 0 spiro atoms. The molecule has 1 amide bonds. The number of carbonyl (C=O) groups excluding carboxylic acids is 1. The second-order valence-corrected chi connectivity index (χ2v) is 3.25. The number of rotatable bonds is 5. The molecule has 0 fully saturated rings. The topological polar surface area (TPSA) is 79.2 Å². The van der Waals surface area contributed by atoms with Crippen LogP contribution in [-0.2, 0) is 4.79 Å². The molecule has 90 valence electrons. The summed E-state index contributed by atoms with van der Waals surface area (Å²) in [6.07, 6.45) is 0.440. The number of benzene rings is 1. The van der Waals surface area contributed by atoms with Crippen molar-refractivity contribution in [3.05, 3.63) is 24.3 Å². The van der Waals surface area contributed by atoms with Crippen molar-refractivity contribution in [2.24, 2.45) is 4.99 Å². The standard InChI is InChI=1S/C11H12N2O4/c1-13(11(15)16)6-7-17-10-4-2-9(3-5-10)12-8-14/h2-5H,6-7H2,1H3,(H,15,16). The van der Waals surface area contributed by atoms with E-state index in [1.165, 1.54) is 13.1 Å². The zero-order valence-electron chi connectivity index (χ0n) is 9.29. The van der Waals surface area contributed by atoms with Crippen molar-refractivity contribution < 1.29 is 19.4 Å². The van der Waals surface area contributed by atoms with Crippen LogP contribution in [0.4, 0.5) is 10.5 Å². The van der Waals surface area contributed by atoms with Crippen molar-refractivity contribution in [1.29, 1.82) is 0 Å². The Labute approximate surface area is 98.1 Å². The second-order valence-electron chi connectivity index (χ2n) is 3.25. The van der Waals surface area contributed by atoms with Crippen molar-refractivity contribution in [2.45, 2.75) is 0 Å². The molecule has 0 aliphatic carbocycles. The Balaban J connectivity index is 2.42. The molecule has 17 heavy (non-hydrogen) atoms. The smallest absolute Gasteiger partial charge is 0.407 e. The van der Waals surface area contributed by atoms with Gasteiger partial charge in [-0.1, -0.05) is 0 Å². The molecular formula is C11H12N2O4. The zero-order valence-corrected chi connectivity index (χ0v) is 9.29. The Morgan fingerprint density at radius 3 is 2.65 bits per heavy atom. The lowest BCUT2D eigenvalue weighted by molar-refractivity contribution is 0.147. The van der Waals surface area contributed by atoms with E-state index < -0.39 is 6.09 Å². The lowest BCUT2D eigenvalue weighted by atomic mass is 10.3. The Morgan fingerprint density at radius 1 is 1.47 bits per heavy atom. The van der Waals surface area contributed by atoms with Gasteiger partial charge in [0.2, 0.25) is 6.08 Å². The quantitative estimate of drug-likeness (QED) is 0.622. The summed E-state index contributed by atoms with van der Waals surface area (Å²) in [5.74, 6) is 0.591. The molecule has 6 nitrogen and oxygen atoms in total. The highest BCUT2D eigenvalue weighted by Gasteiger charge is 2.04. The fourth-order valence-corrected chi connectivity index (χ4v) is 1.07. The van der Waals surface area contributed by atoms with Crippen LogP contribution in [0.5, 0.6) is 5.75 Å². The largest absolute Gasteiger partial charge is 0.492 e. The number of carboxylic acid groups (broad SMARTS) is 1. The highest BCUT2D eigenvalue weighted by atomic mass is 16.5. The van der Waals surface area contributed by atoms with Crippen LogP contribution in [0.15, 0.2) is 29.3 Å². The molecule has 0 radical (unpaired) electrons. The normalized spacial score (nSPS) is 9.24. The highest BCUT2D eigenvalue weighted by Crippen LogP contribution is 2.17. The van der Waals surface area contributed by atoms with E-state index in [0.717, 1.165) is 4.90 Å². The molecule has 0 saturated heterocycles. The average Bonchev–Trinajstić information content (AvgIpc) is 2.31. The number of isocyanates is 1. The first-order valence-electron chi connectivity index (χ1n) is 4.88. The highest BCUT2D eigenvalue weighted by molar-refractivity contribution is 5.64. The van der Waals surface area contributed by atoms with E-state index in [-0.39, 0.29) is 13.2 Å². The second kappa shape index (κ2) is 6.30. The van der Waals surface area contributed by atoms with Gasteiger partial charge < -0.3 is 14.7 Å². The van der Waals surface area contributed by atoms with Gasteiger partial charge in [0, 0.05) is 7.05 Å². The summed E-state index contributed by atoms with van der Waals surface area (Å²) in [5.41, 5.74) is 0.495. The van der Waals surface area contributed by atoms with E-state index in [4.69, 9.17) is 9.84 Å². The van der Waals surface area contributed by atoms with Crippen LogP contribution >= 0.6 is 0 Å². The predicted octanol–water partition coefficient (Wildman–Crippen LogP) is 1.64. The van der Waals surface area contributed by atoms with Gasteiger partial charge >= 0.3 is 6.09 Å². The molecule has 0 unspecified atom stereocenters. The maximum atomic E-state index is 10.5. The third-order valence-electron chi connectivity index (χ3n) is 2.03. The van der Waals surface area contributed by atoms with Gasteiger partial charge in [-0.15, -0.1) is 0 Å². The van der Waals surface area contributed by atoms with Crippen LogP contribution in [0.2, 0.25) is 0 Å². The third-order valence-corrected chi connectivity index (χ3v) is 2.03. The number of hydrogen-bond donors (Lipinski definition) is 1. The fraction of sp³-hybridized carbons (Fsp3) is 0.273. The van der Waals surface area contributed by atoms with E-state index >= 15 is 0 Å². The SMILES string of the molecule is CN(CCOc1ccc(N=C=O)cc1)C(=O)O. The molecular weight excluding hydrogens is 224 g/mol. The van der Waals surface area contributed by atoms with E-state index in [1.54, 1.807) is 24.3 Å². The van der Waals surface area contributed by atoms with E-state index in [2.05, 4.69) is 4.99 Å². The van der Waals surface area contributed by atoms with Crippen LogP contribution in [0.1, 0.15) is 0 Å². The Morgan fingerprint density at radius 2 is 2.12 bits per heavy atom. The Bertz CT molecular complexity index is 424. The molecule has 1 aromatic carbocycles. The van der Waals surface area contributed by atoms with Crippen LogP contribution < -0.4 is 4.74 Å². The summed E-state index contributed by atoms with van der Waals surface area (Å²) in [7, 11) is 1.47. The van der Waals surface area contributed by atoms with Gasteiger partial charge in [0.25, 0.3) is 0 Å². The minimum atomic E-state index is -0.996. The lowest BCUT2D eigenvalue weighted by Crippen LogP contribution is -2.29. The molecule has 0 aromatic heterocycles. The lowest BCUT2D eigenvalue weighted by Gasteiger charge is -2.13. The maximum Gasteiger partial charge on any atom is 0.407 e. The number of amides is 1. The van der Waals surface area contributed by atoms with Crippen LogP contribution in [0.3, 0.4) is 0 Å². The third kappa shape index (κ3) is 4.36. The van der Waals surface area contributed by atoms with Gasteiger partial charge in [-0.05, 0) is 24.3 Å². The van der Waals surface area contributed by atoms with Crippen molar-refractivity contribution in [2.75, 3.05) is 20.2 Å². The van der Waals surface area contributed by atoms with Crippen LogP contribution in [0.25, 0.3) is 0 Å². The fourth-order valence-electron chi connectivity index (χ4n) is 1.07. The van der Waals surface area contributed by atoms with Gasteiger partial charge in [0.05, 0.1) is 12.2 Å². The first kappa shape index (κ1) is 12.7. The van der Waals surface area contributed by atoms with Crippen LogP contribution in [0, 0.1) is 0 Å². The van der Waals surface area contributed by atoms with Crippen LogP contribution in [-0.4, -0.2) is 42.4 Å². The number of likely N-dealkylation sites (N-methyl/N-ethyl adjacent to an activating group) is 1. The summed E-state index contributed by atoms with van der Waals surface area (Å²) in [4.78, 5) is 25.0. The summed E-state index contributed by atoms with van der Waals surface area (Å²) in [6, 6.07) is 6.52. The van der Waals surface area contributed by atoms with Gasteiger partial charge in [-0.25, -0.2) is 9.59 Å². The zero-order chi connectivity index (χ0) is 12.7. The number of ether oxygens (including phenoxy) is 1. The molecule has 0 atom stereocenters. The van der Waals surface area contributed by atoms with E-state index in [9.17, 15) is 9.59 Å². The molecule has 1 N–H and O–H groups in total. The molecule has 0 saturated carbocycles. The summed E-state index contributed by atoms with van der Waals surface area (Å²) in [5, 5.41) is 8.60. The molecule has 0 bridgehead atoms. The van der Waals surface area contributed by atoms with Gasteiger partial charge in [-0.2, -0.15) is 4.99 Å². The number of carbonyl (C=O) groups is 1. The minimum Gasteiger partial charge on any atom is -0.492 e. The molecule has 1 aromatic rings. The van der Waals surface area contributed by atoms with Crippen molar-refractivity contribution in [3.63, 3.8) is 0 Å². The number of aliphatic imine (C=N–C) groups is 1. The first-order valence-corrected chi connectivity index (χ1v) is 4.88. The molecule has 0 aliphatic heterocycles. The molecule has 0 aliphatic rings. The molecule has 1 rings (SSSR count). The summed E-state index contributed by atoms with van der Waals surface area (Å²) < 4.78 is 5.31. The first-order chi connectivity index (χ1) is 8.13. The average molecular weight is 236 g/mol. The van der Waals surface area contributed by atoms with Crippen molar-refractivity contribution in [3.8, 4) is 5.75 Å². The Kier molecular flexibility index (Phi) is 4.72. The van der Waals surface area contributed by atoms with Gasteiger partial charge in [0.15, 0.2) is 0 Å². The summed E-state index contributed by atoms with van der Waals surface area (Å²) >= 11 is 0. The van der Waals surface area contributed by atoms with Gasteiger partial charge in [-0.3, -0.25) is 0 Å². The van der Waals surface area contributed by atoms with E-state index in [0.29, 0.717) is 11.4 Å².